The highest BCUT2D eigenvalue weighted by atomic mass is 16.5. The third-order valence-corrected chi connectivity index (χ3v) is 2.14. The van der Waals surface area contributed by atoms with Crippen LogP contribution in [0.2, 0.25) is 0 Å². The summed E-state index contributed by atoms with van der Waals surface area (Å²) in [6.45, 7) is 0. The Labute approximate surface area is 96.8 Å². The molecule has 0 radical (unpaired) electrons. The fourth-order valence-corrected chi connectivity index (χ4v) is 1.43. The van der Waals surface area contributed by atoms with Gasteiger partial charge in [-0.05, 0) is 0 Å². The van der Waals surface area contributed by atoms with E-state index in [1.165, 1.54) is 14.2 Å². The first-order valence-corrected chi connectivity index (χ1v) is 4.46. The van der Waals surface area contributed by atoms with Gasteiger partial charge in [0.25, 0.3) is 0 Å². The predicted molar refractivity (Wildman–Crippen MR) is 56.4 cm³/mol. The van der Waals surface area contributed by atoms with Gasteiger partial charge in [0.05, 0.1) is 21.3 Å². The van der Waals surface area contributed by atoms with E-state index in [1.807, 2.05) is 0 Å². The zero-order valence-corrected chi connectivity index (χ0v) is 9.47. The molecular formula is C10H12O7. The number of carboxylic acid groups (broad SMARTS) is 1. The summed E-state index contributed by atoms with van der Waals surface area (Å²) in [6, 6.07) is 0. The highest BCUT2D eigenvalue weighted by Gasteiger charge is 2.29. The van der Waals surface area contributed by atoms with Crippen LogP contribution >= 0.6 is 0 Å². The predicted octanol–water partition coefficient (Wildman–Crippen LogP) is 0.822. The van der Waals surface area contributed by atoms with E-state index in [0.29, 0.717) is 0 Å². The van der Waals surface area contributed by atoms with Crippen molar-refractivity contribution in [2.75, 3.05) is 21.3 Å². The minimum absolute atomic E-state index is 0.202. The number of aromatic carboxylic acids is 1. The highest BCUT2D eigenvalue weighted by molar-refractivity contribution is 5.97. The molecule has 3 N–H and O–H groups in total. The zero-order valence-electron chi connectivity index (χ0n) is 9.47. The number of benzene rings is 1. The lowest BCUT2D eigenvalue weighted by atomic mass is 10.1. The number of methoxy groups -OCH3 is 3. The van der Waals surface area contributed by atoms with Gasteiger partial charge in [-0.2, -0.15) is 0 Å². The van der Waals surface area contributed by atoms with E-state index in [0.717, 1.165) is 7.11 Å². The molecule has 0 fully saturated rings. The van der Waals surface area contributed by atoms with Gasteiger partial charge >= 0.3 is 5.97 Å². The molecule has 0 saturated heterocycles. The second-order valence-corrected chi connectivity index (χ2v) is 2.98. The van der Waals surface area contributed by atoms with Gasteiger partial charge in [0.1, 0.15) is 0 Å². The lowest BCUT2D eigenvalue weighted by Gasteiger charge is -2.16. The molecule has 94 valence electrons. The van der Waals surface area contributed by atoms with Crippen molar-refractivity contribution in [3.05, 3.63) is 5.56 Å². The second kappa shape index (κ2) is 4.69. The van der Waals surface area contributed by atoms with Crippen molar-refractivity contribution >= 4 is 5.97 Å². The van der Waals surface area contributed by atoms with Gasteiger partial charge in [-0.15, -0.1) is 0 Å². The Kier molecular flexibility index (Phi) is 3.52. The van der Waals surface area contributed by atoms with Crippen LogP contribution in [0.15, 0.2) is 0 Å². The summed E-state index contributed by atoms with van der Waals surface area (Å²) in [5.41, 5.74) is -0.595. The van der Waals surface area contributed by atoms with Crippen molar-refractivity contribution in [3.8, 4) is 28.7 Å². The third kappa shape index (κ3) is 1.86. The number of hydrogen-bond donors (Lipinski definition) is 3. The van der Waals surface area contributed by atoms with E-state index in [2.05, 4.69) is 0 Å². The fourth-order valence-electron chi connectivity index (χ4n) is 1.43. The maximum absolute atomic E-state index is 11.0. The molecule has 1 rings (SSSR count). The Balaban J connectivity index is 3.73. The molecule has 1 aromatic carbocycles. The summed E-state index contributed by atoms with van der Waals surface area (Å²) in [5.74, 6) is -3.56. The Morgan fingerprint density at radius 2 is 1.29 bits per heavy atom. The first kappa shape index (κ1) is 12.8. The number of phenolic OH excluding ortho intramolecular Hbond substituents is 1. The Morgan fingerprint density at radius 1 is 0.882 bits per heavy atom. The number of hydrogen-bond acceptors (Lipinski definition) is 6. The SMILES string of the molecule is COc1c(O)c(OC)c(C(=O)O)c(O)c1OC. The molecule has 0 aliphatic heterocycles. The number of aromatic hydroxyl groups is 2. The van der Waals surface area contributed by atoms with E-state index in [9.17, 15) is 15.0 Å². The minimum atomic E-state index is -1.46. The van der Waals surface area contributed by atoms with Crippen LogP contribution in [0, 0.1) is 0 Å². The summed E-state index contributed by atoms with van der Waals surface area (Å²) in [6.07, 6.45) is 0. The molecule has 0 heterocycles. The van der Waals surface area contributed by atoms with Crippen molar-refractivity contribution in [2.24, 2.45) is 0 Å². The molecule has 0 amide bonds. The average Bonchev–Trinajstić information content (AvgIpc) is 2.29. The van der Waals surface area contributed by atoms with Crippen LogP contribution in [0.3, 0.4) is 0 Å². The molecule has 0 bridgehead atoms. The van der Waals surface area contributed by atoms with E-state index < -0.39 is 28.8 Å². The van der Waals surface area contributed by atoms with Crippen LogP contribution in [0.5, 0.6) is 28.7 Å². The van der Waals surface area contributed by atoms with Crippen LogP contribution in [0.25, 0.3) is 0 Å². The fraction of sp³-hybridized carbons (Fsp3) is 0.300. The smallest absolute Gasteiger partial charge is 0.343 e. The van der Waals surface area contributed by atoms with Gasteiger partial charge in [0.15, 0.2) is 17.1 Å². The number of phenols is 2. The maximum atomic E-state index is 11.0. The molecule has 0 aliphatic rings. The van der Waals surface area contributed by atoms with Crippen LogP contribution in [0.4, 0.5) is 0 Å². The first-order valence-electron chi connectivity index (χ1n) is 4.46. The van der Waals surface area contributed by atoms with E-state index >= 15 is 0 Å². The van der Waals surface area contributed by atoms with Gasteiger partial charge in [-0.25, -0.2) is 4.79 Å². The van der Waals surface area contributed by atoms with Gasteiger partial charge < -0.3 is 29.5 Å². The van der Waals surface area contributed by atoms with E-state index in [4.69, 9.17) is 19.3 Å². The topological polar surface area (TPSA) is 105 Å². The Hall–Kier alpha value is -2.31. The Morgan fingerprint density at radius 3 is 1.65 bits per heavy atom. The molecular weight excluding hydrogens is 232 g/mol. The van der Waals surface area contributed by atoms with Crippen LogP contribution < -0.4 is 14.2 Å². The molecule has 7 nitrogen and oxygen atoms in total. The van der Waals surface area contributed by atoms with Crippen molar-refractivity contribution in [2.45, 2.75) is 0 Å². The van der Waals surface area contributed by atoms with Gasteiger partial charge in [0.2, 0.25) is 17.2 Å². The lowest BCUT2D eigenvalue weighted by molar-refractivity contribution is 0.0688. The van der Waals surface area contributed by atoms with Crippen molar-refractivity contribution in [1.82, 2.24) is 0 Å². The summed E-state index contributed by atoms with van der Waals surface area (Å²) >= 11 is 0. The number of ether oxygens (including phenoxy) is 3. The molecule has 0 aliphatic carbocycles. The largest absolute Gasteiger partial charge is 0.503 e. The Bertz CT molecular complexity index is 453. The average molecular weight is 244 g/mol. The molecule has 0 atom stereocenters. The minimum Gasteiger partial charge on any atom is -0.503 e. The summed E-state index contributed by atoms with van der Waals surface area (Å²) < 4.78 is 14.3. The molecule has 0 unspecified atom stereocenters. The summed E-state index contributed by atoms with van der Waals surface area (Å²) in [7, 11) is 3.60. The molecule has 0 spiro atoms. The van der Waals surface area contributed by atoms with Crippen molar-refractivity contribution in [1.29, 1.82) is 0 Å². The number of carbonyl (C=O) groups is 1. The van der Waals surface area contributed by atoms with Crippen LogP contribution in [-0.4, -0.2) is 42.6 Å². The normalized spacial score (nSPS) is 9.82. The molecule has 0 saturated carbocycles. The molecule has 7 heteroatoms. The number of carboxylic acids is 1. The quantitative estimate of drug-likeness (QED) is 0.673. The van der Waals surface area contributed by atoms with Crippen molar-refractivity contribution < 1.29 is 34.3 Å². The van der Waals surface area contributed by atoms with Gasteiger partial charge in [-0.3, -0.25) is 0 Å². The zero-order chi connectivity index (χ0) is 13.2. The second-order valence-electron chi connectivity index (χ2n) is 2.98. The molecule has 17 heavy (non-hydrogen) atoms. The van der Waals surface area contributed by atoms with Gasteiger partial charge in [0, 0.05) is 0 Å². The summed E-state index contributed by atoms with van der Waals surface area (Å²) in [5, 5.41) is 28.4. The monoisotopic (exact) mass is 244 g/mol. The van der Waals surface area contributed by atoms with Crippen LogP contribution in [-0.2, 0) is 0 Å². The highest BCUT2D eigenvalue weighted by Crippen LogP contribution is 2.52. The number of rotatable bonds is 4. The molecule has 0 aromatic heterocycles. The van der Waals surface area contributed by atoms with Crippen LogP contribution in [0.1, 0.15) is 10.4 Å². The maximum Gasteiger partial charge on any atom is 0.343 e. The first-order chi connectivity index (χ1) is 7.99. The van der Waals surface area contributed by atoms with E-state index in [1.54, 1.807) is 0 Å². The third-order valence-electron chi connectivity index (χ3n) is 2.14. The van der Waals surface area contributed by atoms with E-state index in [-0.39, 0.29) is 11.5 Å². The lowest BCUT2D eigenvalue weighted by Crippen LogP contribution is -2.04. The van der Waals surface area contributed by atoms with Crippen molar-refractivity contribution in [3.63, 3.8) is 0 Å². The summed E-state index contributed by atoms with van der Waals surface area (Å²) in [4.78, 5) is 11.0. The standard InChI is InChI=1S/C10H12O7/c1-15-7-4(10(13)14)5(11)8(16-2)9(17-3)6(7)12/h11-12H,1-3H3,(H,13,14). The molecule has 1 aromatic rings. The van der Waals surface area contributed by atoms with Gasteiger partial charge in [-0.1, -0.05) is 0 Å².